The zero-order valence-corrected chi connectivity index (χ0v) is 9.88. The van der Waals surface area contributed by atoms with Gasteiger partial charge < -0.3 is 10.6 Å². The molecule has 0 aliphatic heterocycles. The van der Waals surface area contributed by atoms with E-state index in [1.807, 2.05) is 18.2 Å². The van der Waals surface area contributed by atoms with Crippen LogP contribution in [-0.4, -0.2) is 18.1 Å². The number of nitrogens with one attached hydrogen (secondary N) is 2. The average Bonchev–Trinajstić information content (AvgIpc) is 2.24. The van der Waals surface area contributed by atoms with Crippen LogP contribution in [0.1, 0.15) is 27.2 Å². The summed E-state index contributed by atoms with van der Waals surface area (Å²) in [4.78, 5) is 4.46. The molecule has 0 radical (unpaired) electrons. The van der Waals surface area contributed by atoms with Crippen molar-refractivity contribution in [3.05, 3.63) is 18.2 Å². The van der Waals surface area contributed by atoms with Gasteiger partial charge in [0.05, 0.1) is 0 Å². The summed E-state index contributed by atoms with van der Waals surface area (Å²) in [5, 5.41) is 6.58. The highest BCUT2D eigenvalue weighted by atomic mass is 15.1. The summed E-state index contributed by atoms with van der Waals surface area (Å²) in [5.41, 5.74) is 0. The van der Waals surface area contributed by atoms with E-state index < -0.39 is 0 Å². The standard InChI is InChI=1S/C12H21N3/c1-4-8-13-11-6-5-7-12(15-11)14-9-10(2)3/h5-7,10H,4,8-9H2,1-3H3,(H2,13,14,15). The Morgan fingerprint density at radius 1 is 1.20 bits per heavy atom. The summed E-state index contributed by atoms with van der Waals surface area (Å²) < 4.78 is 0. The van der Waals surface area contributed by atoms with Crippen molar-refractivity contribution in [3.63, 3.8) is 0 Å². The van der Waals surface area contributed by atoms with Gasteiger partial charge >= 0.3 is 0 Å². The Hall–Kier alpha value is -1.25. The second kappa shape index (κ2) is 6.27. The van der Waals surface area contributed by atoms with Gasteiger partial charge in [0.25, 0.3) is 0 Å². The fourth-order valence-corrected chi connectivity index (χ4v) is 1.19. The fraction of sp³-hybridized carbons (Fsp3) is 0.583. The quantitative estimate of drug-likeness (QED) is 0.753. The molecule has 0 aromatic carbocycles. The predicted molar refractivity (Wildman–Crippen MR) is 66.3 cm³/mol. The van der Waals surface area contributed by atoms with Gasteiger partial charge in [0, 0.05) is 13.1 Å². The molecular formula is C12H21N3. The van der Waals surface area contributed by atoms with Crippen molar-refractivity contribution in [2.75, 3.05) is 23.7 Å². The Balaban J connectivity index is 2.50. The SMILES string of the molecule is CCCNc1cccc(NCC(C)C)n1. The van der Waals surface area contributed by atoms with Crippen LogP contribution in [0.25, 0.3) is 0 Å². The Labute approximate surface area is 92.3 Å². The molecule has 0 aliphatic rings. The molecule has 1 heterocycles. The van der Waals surface area contributed by atoms with Gasteiger partial charge in [-0.05, 0) is 24.5 Å². The maximum atomic E-state index is 4.46. The molecule has 3 nitrogen and oxygen atoms in total. The second-order valence-corrected chi connectivity index (χ2v) is 4.11. The van der Waals surface area contributed by atoms with E-state index in [2.05, 4.69) is 36.4 Å². The molecule has 0 spiro atoms. The van der Waals surface area contributed by atoms with Crippen LogP contribution in [0.4, 0.5) is 11.6 Å². The Kier molecular flexibility index (Phi) is 4.95. The van der Waals surface area contributed by atoms with Crippen molar-refractivity contribution >= 4 is 11.6 Å². The van der Waals surface area contributed by atoms with Gasteiger partial charge in [-0.25, -0.2) is 4.98 Å². The summed E-state index contributed by atoms with van der Waals surface area (Å²) in [5.74, 6) is 2.54. The molecule has 0 saturated carbocycles. The lowest BCUT2D eigenvalue weighted by Crippen LogP contribution is -2.10. The molecule has 1 aromatic rings. The van der Waals surface area contributed by atoms with E-state index in [0.717, 1.165) is 31.1 Å². The van der Waals surface area contributed by atoms with Gasteiger partial charge in [-0.15, -0.1) is 0 Å². The smallest absolute Gasteiger partial charge is 0.128 e. The molecule has 84 valence electrons. The summed E-state index contributed by atoms with van der Waals surface area (Å²) >= 11 is 0. The molecule has 0 aliphatic carbocycles. The van der Waals surface area contributed by atoms with Gasteiger partial charge in [-0.3, -0.25) is 0 Å². The van der Waals surface area contributed by atoms with Crippen LogP contribution in [0.5, 0.6) is 0 Å². The number of rotatable bonds is 6. The number of nitrogens with zero attached hydrogens (tertiary/aromatic N) is 1. The second-order valence-electron chi connectivity index (χ2n) is 4.11. The molecule has 0 bridgehead atoms. The topological polar surface area (TPSA) is 37.0 Å². The van der Waals surface area contributed by atoms with E-state index in [-0.39, 0.29) is 0 Å². The van der Waals surface area contributed by atoms with Crippen LogP contribution in [-0.2, 0) is 0 Å². The van der Waals surface area contributed by atoms with E-state index in [1.54, 1.807) is 0 Å². The third-order valence-electron chi connectivity index (χ3n) is 2.00. The summed E-state index contributed by atoms with van der Waals surface area (Å²) in [6, 6.07) is 6.02. The summed E-state index contributed by atoms with van der Waals surface area (Å²) in [7, 11) is 0. The lowest BCUT2D eigenvalue weighted by atomic mass is 10.2. The first-order valence-electron chi connectivity index (χ1n) is 5.67. The van der Waals surface area contributed by atoms with Crippen molar-refractivity contribution in [2.24, 2.45) is 5.92 Å². The first kappa shape index (κ1) is 11.8. The molecule has 15 heavy (non-hydrogen) atoms. The van der Waals surface area contributed by atoms with Crippen LogP contribution in [0, 0.1) is 5.92 Å². The van der Waals surface area contributed by atoms with E-state index in [9.17, 15) is 0 Å². The molecule has 0 atom stereocenters. The fourth-order valence-electron chi connectivity index (χ4n) is 1.19. The number of aromatic nitrogens is 1. The minimum absolute atomic E-state index is 0.638. The highest BCUT2D eigenvalue weighted by molar-refractivity contribution is 5.44. The molecule has 0 saturated heterocycles. The van der Waals surface area contributed by atoms with Crippen LogP contribution in [0.15, 0.2) is 18.2 Å². The lowest BCUT2D eigenvalue weighted by molar-refractivity contribution is 0.687. The minimum atomic E-state index is 0.638. The van der Waals surface area contributed by atoms with Crippen LogP contribution >= 0.6 is 0 Å². The van der Waals surface area contributed by atoms with E-state index in [1.165, 1.54) is 0 Å². The molecular weight excluding hydrogens is 186 g/mol. The van der Waals surface area contributed by atoms with Gasteiger partial charge in [-0.2, -0.15) is 0 Å². The maximum Gasteiger partial charge on any atom is 0.128 e. The molecule has 0 amide bonds. The number of hydrogen-bond donors (Lipinski definition) is 2. The molecule has 1 aromatic heterocycles. The van der Waals surface area contributed by atoms with Crippen molar-refractivity contribution in [1.29, 1.82) is 0 Å². The summed E-state index contributed by atoms with van der Waals surface area (Å²) in [6.07, 6.45) is 1.12. The molecule has 2 N–H and O–H groups in total. The van der Waals surface area contributed by atoms with E-state index >= 15 is 0 Å². The highest BCUT2D eigenvalue weighted by Crippen LogP contribution is 2.09. The van der Waals surface area contributed by atoms with Crippen LogP contribution < -0.4 is 10.6 Å². The number of anilines is 2. The molecule has 0 fully saturated rings. The van der Waals surface area contributed by atoms with Crippen molar-refractivity contribution in [1.82, 2.24) is 4.98 Å². The van der Waals surface area contributed by atoms with Crippen molar-refractivity contribution in [2.45, 2.75) is 27.2 Å². The summed E-state index contributed by atoms with van der Waals surface area (Å²) in [6.45, 7) is 8.46. The average molecular weight is 207 g/mol. The monoisotopic (exact) mass is 207 g/mol. The van der Waals surface area contributed by atoms with Crippen molar-refractivity contribution in [3.8, 4) is 0 Å². The normalized spacial score (nSPS) is 10.4. The minimum Gasteiger partial charge on any atom is -0.370 e. The van der Waals surface area contributed by atoms with E-state index in [4.69, 9.17) is 0 Å². The number of hydrogen-bond acceptors (Lipinski definition) is 3. The maximum absolute atomic E-state index is 4.46. The Morgan fingerprint density at radius 3 is 2.47 bits per heavy atom. The van der Waals surface area contributed by atoms with Gasteiger partial charge in [0.2, 0.25) is 0 Å². The van der Waals surface area contributed by atoms with Gasteiger partial charge in [-0.1, -0.05) is 26.8 Å². The van der Waals surface area contributed by atoms with E-state index in [0.29, 0.717) is 5.92 Å². The Bertz CT molecular complexity index is 284. The van der Waals surface area contributed by atoms with Gasteiger partial charge in [0.15, 0.2) is 0 Å². The lowest BCUT2D eigenvalue weighted by Gasteiger charge is -2.10. The zero-order chi connectivity index (χ0) is 11.1. The van der Waals surface area contributed by atoms with Crippen molar-refractivity contribution < 1.29 is 0 Å². The molecule has 1 rings (SSSR count). The third-order valence-corrected chi connectivity index (χ3v) is 2.00. The number of pyridine rings is 1. The van der Waals surface area contributed by atoms with Crippen LogP contribution in [0.3, 0.4) is 0 Å². The first-order valence-corrected chi connectivity index (χ1v) is 5.67. The molecule has 0 unspecified atom stereocenters. The molecule has 3 heteroatoms. The Morgan fingerprint density at radius 2 is 1.87 bits per heavy atom. The highest BCUT2D eigenvalue weighted by Gasteiger charge is 1.97. The first-order chi connectivity index (χ1) is 7.22. The zero-order valence-electron chi connectivity index (χ0n) is 9.88. The largest absolute Gasteiger partial charge is 0.370 e. The van der Waals surface area contributed by atoms with Gasteiger partial charge in [0.1, 0.15) is 11.6 Å². The van der Waals surface area contributed by atoms with Crippen LogP contribution in [0.2, 0.25) is 0 Å². The third kappa shape index (κ3) is 4.68. The predicted octanol–water partition coefficient (Wildman–Crippen LogP) is 2.97.